The average Bonchev–Trinajstić information content (AvgIpc) is 2.16. The van der Waals surface area contributed by atoms with Crippen LogP contribution in [-0.2, 0) is 9.53 Å². The summed E-state index contributed by atoms with van der Waals surface area (Å²) < 4.78 is 5.70. The highest BCUT2D eigenvalue weighted by molar-refractivity contribution is 6.04. The van der Waals surface area contributed by atoms with Crippen molar-refractivity contribution in [3.8, 4) is 0 Å². The molecule has 1 rings (SSSR count). The highest BCUT2D eigenvalue weighted by atomic mass is 16.5. The van der Waals surface area contributed by atoms with Gasteiger partial charge in [-0.3, -0.25) is 4.79 Å². The number of hydrogen-bond acceptors (Lipinski definition) is 3. The molecular weight excluding hydrogens is 178 g/mol. The molecule has 0 aromatic rings. The quantitative estimate of drug-likeness (QED) is 0.684. The van der Waals surface area contributed by atoms with Crippen molar-refractivity contribution in [3.05, 3.63) is 11.8 Å². The van der Waals surface area contributed by atoms with Gasteiger partial charge in [0.05, 0.1) is 5.60 Å². The number of ketones is 1. The van der Waals surface area contributed by atoms with Gasteiger partial charge in [-0.25, -0.2) is 0 Å². The van der Waals surface area contributed by atoms with Crippen molar-refractivity contribution in [2.45, 2.75) is 45.8 Å². The first-order valence-corrected chi connectivity index (χ1v) is 5.00. The van der Waals surface area contributed by atoms with Gasteiger partial charge in [0, 0.05) is 18.3 Å². The Morgan fingerprint density at radius 3 is 2.21 bits per heavy atom. The molecule has 0 unspecified atom stereocenters. The molecule has 1 saturated heterocycles. The normalized spacial score (nSPS) is 26.9. The van der Waals surface area contributed by atoms with Crippen LogP contribution < -0.4 is 5.32 Å². The number of carbonyl (C=O) groups excluding carboxylic acids is 1. The number of ether oxygens (including phenoxy) is 1. The van der Waals surface area contributed by atoms with Gasteiger partial charge in [0.15, 0.2) is 5.78 Å². The lowest BCUT2D eigenvalue weighted by molar-refractivity contribution is -0.132. The Labute approximate surface area is 85.5 Å². The molecule has 0 spiro atoms. The molecule has 1 aliphatic heterocycles. The Bertz CT molecular complexity index is 277. The minimum atomic E-state index is -0.690. The van der Waals surface area contributed by atoms with Gasteiger partial charge in [-0.05, 0) is 34.6 Å². The summed E-state index contributed by atoms with van der Waals surface area (Å²) in [6.07, 6.45) is 1.77. The molecule has 1 N–H and O–H groups in total. The van der Waals surface area contributed by atoms with Crippen molar-refractivity contribution >= 4 is 5.78 Å². The average molecular weight is 197 g/mol. The molecule has 80 valence electrons. The van der Waals surface area contributed by atoms with E-state index in [0.29, 0.717) is 0 Å². The molecule has 0 radical (unpaired) electrons. The fourth-order valence-corrected chi connectivity index (χ4v) is 1.78. The van der Waals surface area contributed by atoms with Gasteiger partial charge in [-0.15, -0.1) is 0 Å². The maximum atomic E-state index is 11.9. The molecule has 0 aromatic heterocycles. The Balaban J connectivity index is 3.00. The highest BCUT2D eigenvalue weighted by Crippen LogP contribution is 2.38. The molecule has 3 nitrogen and oxygen atoms in total. The van der Waals surface area contributed by atoms with Crippen LogP contribution in [0.3, 0.4) is 0 Å². The number of Topliss-reactive ketones (excluding diaryl/α,β-unsaturated/α-hetero) is 1. The summed E-state index contributed by atoms with van der Waals surface area (Å²) in [7, 11) is 0. The summed E-state index contributed by atoms with van der Waals surface area (Å²) in [6.45, 7) is 10.3. The van der Waals surface area contributed by atoms with Crippen LogP contribution in [0.4, 0.5) is 0 Å². The van der Waals surface area contributed by atoms with E-state index in [2.05, 4.69) is 5.32 Å². The number of hydrogen-bond donors (Lipinski definition) is 1. The van der Waals surface area contributed by atoms with Gasteiger partial charge in [0.25, 0.3) is 0 Å². The van der Waals surface area contributed by atoms with Crippen LogP contribution in [0.2, 0.25) is 0 Å². The zero-order valence-electron chi connectivity index (χ0n) is 9.60. The Morgan fingerprint density at radius 2 is 1.86 bits per heavy atom. The van der Waals surface area contributed by atoms with Crippen LogP contribution in [0.5, 0.6) is 0 Å². The second-order valence-electron chi connectivity index (χ2n) is 4.57. The van der Waals surface area contributed by atoms with Gasteiger partial charge < -0.3 is 10.1 Å². The molecule has 0 aromatic carbocycles. The van der Waals surface area contributed by atoms with Crippen molar-refractivity contribution in [2.24, 2.45) is 0 Å². The van der Waals surface area contributed by atoms with Gasteiger partial charge in [-0.2, -0.15) is 0 Å². The van der Waals surface area contributed by atoms with E-state index in [9.17, 15) is 4.79 Å². The second kappa shape index (κ2) is 3.39. The zero-order valence-corrected chi connectivity index (χ0v) is 9.60. The SMILES string of the molecule is CCNC=C1C(=O)C(C)(C)OC1(C)C. The third-order valence-corrected chi connectivity index (χ3v) is 2.40. The predicted molar refractivity (Wildman–Crippen MR) is 56.0 cm³/mol. The Kier molecular flexibility index (Phi) is 2.72. The number of nitrogens with one attached hydrogen (secondary N) is 1. The van der Waals surface area contributed by atoms with Crippen LogP contribution in [0.25, 0.3) is 0 Å². The van der Waals surface area contributed by atoms with Crippen molar-refractivity contribution in [3.63, 3.8) is 0 Å². The van der Waals surface area contributed by atoms with Crippen molar-refractivity contribution in [1.82, 2.24) is 5.32 Å². The zero-order chi connectivity index (χ0) is 11.0. The van der Waals surface area contributed by atoms with E-state index in [0.717, 1.165) is 12.1 Å². The summed E-state index contributed by atoms with van der Waals surface area (Å²) in [5.41, 5.74) is -0.447. The lowest BCUT2D eigenvalue weighted by Gasteiger charge is -2.22. The van der Waals surface area contributed by atoms with E-state index in [1.165, 1.54) is 0 Å². The van der Waals surface area contributed by atoms with Crippen LogP contribution >= 0.6 is 0 Å². The van der Waals surface area contributed by atoms with E-state index in [-0.39, 0.29) is 5.78 Å². The van der Waals surface area contributed by atoms with Gasteiger partial charge in [0.2, 0.25) is 0 Å². The highest BCUT2D eigenvalue weighted by Gasteiger charge is 2.49. The molecule has 1 fully saturated rings. The van der Waals surface area contributed by atoms with Crippen molar-refractivity contribution in [1.29, 1.82) is 0 Å². The fraction of sp³-hybridized carbons (Fsp3) is 0.727. The molecule has 14 heavy (non-hydrogen) atoms. The third-order valence-electron chi connectivity index (χ3n) is 2.40. The first-order valence-electron chi connectivity index (χ1n) is 5.00. The Morgan fingerprint density at radius 1 is 1.29 bits per heavy atom. The maximum absolute atomic E-state index is 11.9. The summed E-state index contributed by atoms with van der Waals surface area (Å²) in [4.78, 5) is 11.9. The first-order chi connectivity index (χ1) is 6.31. The van der Waals surface area contributed by atoms with E-state index < -0.39 is 11.2 Å². The minimum absolute atomic E-state index is 0.0726. The van der Waals surface area contributed by atoms with E-state index in [1.807, 2.05) is 34.6 Å². The molecule has 3 heteroatoms. The molecule has 0 amide bonds. The first kappa shape index (κ1) is 11.2. The molecule has 0 saturated carbocycles. The van der Waals surface area contributed by atoms with Gasteiger partial charge in [0.1, 0.15) is 5.60 Å². The molecule has 1 heterocycles. The summed E-state index contributed by atoms with van der Waals surface area (Å²) in [5.74, 6) is 0.0726. The van der Waals surface area contributed by atoms with Crippen LogP contribution in [0, 0.1) is 0 Å². The molecule has 1 aliphatic rings. The minimum Gasteiger partial charge on any atom is -0.391 e. The van der Waals surface area contributed by atoms with E-state index >= 15 is 0 Å². The molecule has 0 aliphatic carbocycles. The van der Waals surface area contributed by atoms with Crippen LogP contribution in [0.15, 0.2) is 11.8 Å². The lowest BCUT2D eigenvalue weighted by atomic mass is 9.93. The number of carbonyl (C=O) groups is 1. The van der Waals surface area contributed by atoms with Gasteiger partial charge in [-0.1, -0.05) is 0 Å². The van der Waals surface area contributed by atoms with Gasteiger partial charge >= 0.3 is 0 Å². The molecule has 0 atom stereocenters. The largest absolute Gasteiger partial charge is 0.391 e. The topological polar surface area (TPSA) is 38.3 Å². The second-order valence-corrected chi connectivity index (χ2v) is 4.57. The summed E-state index contributed by atoms with van der Waals surface area (Å²) in [6, 6.07) is 0. The summed E-state index contributed by atoms with van der Waals surface area (Å²) >= 11 is 0. The Hall–Kier alpha value is -0.830. The monoisotopic (exact) mass is 197 g/mol. The van der Waals surface area contributed by atoms with Crippen molar-refractivity contribution < 1.29 is 9.53 Å². The number of rotatable bonds is 2. The predicted octanol–water partition coefficient (Wildman–Crippen LogP) is 1.64. The maximum Gasteiger partial charge on any atom is 0.194 e. The molecule has 0 bridgehead atoms. The smallest absolute Gasteiger partial charge is 0.194 e. The van der Waals surface area contributed by atoms with Crippen LogP contribution in [-0.4, -0.2) is 23.5 Å². The third kappa shape index (κ3) is 1.82. The van der Waals surface area contributed by atoms with Crippen LogP contribution in [0.1, 0.15) is 34.6 Å². The lowest BCUT2D eigenvalue weighted by Crippen LogP contribution is -2.29. The molecular formula is C11H19NO2. The fourth-order valence-electron chi connectivity index (χ4n) is 1.78. The van der Waals surface area contributed by atoms with E-state index in [4.69, 9.17) is 4.74 Å². The van der Waals surface area contributed by atoms with Crippen molar-refractivity contribution in [2.75, 3.05) is 6.54 Å². The van der Waals surface area contributed by atoms with E-state index in [1.54, 1.807) is 6.20 Å². The standard InChI is InChI=1S/C11H19NO2/c1-6-12-7-8-9(13)11(4,5)14-10(8,2)3/h7,12H,6H2,1-5H3. The summed E-state index contributed by atoms with van der Waals surface area (Å²) in [5, 5.41) is 3.05.